The number of benzene rings is 2. The lowest BCUT2D eigenvalue weighted by molar-refractivity contribution is 0.0406. The molecule has 0 amide bonds. The Hall–Kier alpha value is -2.06. The minimum Gasteiger partial charge on any atom is -0.458 e. The average Bonchev–Trinajstić information content (AvgIpc) is 2.92. The fourth-order valence-corrected chi connectivity index (χ4v) is 3.25. The molecule has 100 valence electrons. The molecule has 1 aliphatic carbocycles. The van der Waals surface area contributed by atoms with Gasteiger partial charge >= 0.3 is 0 Å². The minimum absolute atomic E-state index is 0.658. The summed E-state index contributed by atoms with van der Waals surface area (Å²) in [5.74, 6) is 0.658. The SMILES string of the molecule is OC1(c2cc3ccccc3o2)CCCc2ccccc21. The van der Waals surface area contributed by atoms with Crippen molar-refractivity contribution in [3.63, 3.8) is 0 Å². The standard InChI is InChI=1S/C18H16O2/c19-18(11-5-8-13-6-1-3-9-15(13)18)17-12-14-7-2-4-10-16(14)20-17/h1-4,6-7,9-10,12,19H,5,8,11H2. The zero-order chi connectivity index (χ0) is 13.6. The highest BCUT2D eigenvalue weighted by Crippen LogP contribution is 2.42. The first-order chi connectivity index (χ1) is 9.77. The summed E-state index contributed by atoms with van der Waals surface area (Å²) in [7, 11) is 0. The van der Waals surface area contributed by atoms with Crippen molar-refractivity contribution in [3.05, 3.63) is 71.5 Å². The second-order valence-corrected chi connectivity index (χ2v) is 5.52. The van der Waals surface area contributed by atoms with Crippen molar-refractivity contribution < 1.29 is 9.52 Å². The second-order valence-electron chi connectivity index (χ2n) is 5.52. The van der Waals surface area contributed by atoms with E-state index in [2.05, 4.69) is 6.07 Å². The van der Waals surface area contributed by atoms with E-state index in [4.69, 9.17) is 4.42 Å². The van der Waals surface area contributed by atoms with Crippen LogP contribution in [0.5, 0.6) is 0 Å². The third kappa shape index (κ3) is 1.61. The lowest BCUT2D eigenvalue weighted by Crippen LogP contribution is -2.31. The normalized spacial score (nSPS) is 21.9. The van der Waals surface area contributed by atoms with Crippen LogP contribution >= 0.6 is 0 Å². The van der Waals surface area contributed by atoms with E-state index in [1.165, 1.54) is 5.56 Å². The van der Waals surface area contributed by atoms with Gasteiger partial charge < -0.3 is 9.52 Å². The van der Waals surface area contributed by atoms with E-state index in [9.17, 15) is 5.11 Å². The fraction of sp³-hybridized carbons (Fsp3) is 0.222. The number of furan rings is 1. The predicted molar refractivity (Wildman–Crippen MR) is 78.6 cm³/mol. The Morgan fingerprint density at radius 2 is 1.80 bits per heavy atom. The molecule has 1 unspecified atom stereocenters. The summed E-state index contributed by atoms with van der Waals surface area (Å²) >= 11 is 0. The summed E-state index contributed by atoms with van der Waals surface area (Å²) in [6.45, 7) is 0. The number of fused-ring (bicyclic) bond motifs is 2. The van der Waals surface area contributed by atoms with Gasteiger partial charge in [0.2, 0.25) is 0 Å². The molecule has 0 fully saturated rings. The van der Waals surface area contributed by atoms with E-state index in [1.807, 2.05) is 48.5 Å². The smallest absolute Gasteiger partial charge is 0.147 e. The van der Waals surface area contributed by atoms with Gasteiger partial charge in [-0.05, 0) is 42.5 Å². The van der Waals surface area contributed by atoms with E-state index in [-0.39, 0.29) is 0 Å². The van der Waals surface area contributed by atoms with Crippen LogP contribution in [0.4, 0.5) is 0 Å². The monoisotopic (exact) mass is 264 g/mol. The summed E-state index contributed by atoms with van der Waals surface area (Å²) < 4.78 is 5.92. The average molecular weight is 264 g/mol. The molecule has 2 nitrogen and oxygen atoms in total. The van der Waals surface area contributed by atoms with Gasteiger partial charge in [0.1, 0.15) is 16.9 Å². The molecule has 0 spiro atoms. The molecule has 0 aliphatic heterocycles. The maximum atomic E-state index is 11.2. The molecule has 1 heterocycles. The van der Waals surface area contributed by atoms with Gasteiger partial charge in [-0.15, -0.1) is 0 Å². The highest BCUT2D eigenvalue weighted by Gasteiger charge is 2.38. The van der Waals surface area contributed by atoms with Crippen LogP contribution < -0.4 is 0 Å². The Morgan fingerprint density at radius 3 is 2.70 bits per heavy atom. The lowest BCUT2D eigenvalue weighted by Gasteiger charge is -2.32. The van der Waals surface area contributed by atoms with E-state index in [0.29, 0.717) is 12.2 Å². The second kappa shape index (κ2) is 4.22. The highest BCUT2D eigenvalue weighted by atomic mass is 16.4. The third-order valence-corrected chi connectivity index (χ3v) is 4.28. The lowest BCUT2D eigenvalue weighted by atomic mass is 9.77. The molecule has 2 heteroatoms. The van der Waals surface area contributed by atoms with Gasteiger partial charge in [0.25, 0.3) is 0 Å². The number of hydrogen-bond donors (Lipinski definition) is 1. The highest BCUT2D eigenvalue weighted by molar-refractivity contribution is 5.78. The van der Waals surface area contributed by atoms with Gasteiger partial charge in [-0.25, -0.2) is 0 Å². The molecular formula is C18H16O2. The molecule has 1 aromatic heterocycles. The zero-order valence-electron chi connectivity index (χ0n) is 11.2. The van der Waals surface area contributed by atoms with Crippen molar-refractivity contribution in [1.29, 1.82) is 0 Å². The van der Waals surface area contributed by atoms with Crippen molar-refractivity contribution in [2.45, 2.75) is 24.9 Å². The minimum atomic E-state index is -0.992. The number of aliphatic hydroxyl groups is 1. The van der Waals surface area contributed by atoms with E-state index < -0.39 is 5.60 Å². The Labute approximate surface area is 117 Å². The Morgan fingerprint density at radius 1 is 1.00 bits per heavy atom. The van der Waals surface area contributed by atoms with E-state index >= 15 is 0 Å². The van der Waals surface area contributed by atoms with Crippen LogP contribution in [0.1, 0.15) is 29.7 Å². The Balaban J connectivity index is 1.92. The summed E-state index contributed by atoms with van der Waals surface area (Å²) in [5, 5.41) is 12.2. The molecule has 2 aromatic carbocycles. The van der Waals surface area contributed by atoms with Gasteiger partial charge in [-0.3, -0.25) is 0 Å². The van der Waals surface area contributed by atoms with Crippen LogP contribution in [0, 0.1) is 0 Å². The first-order valence-electron chi connectivity index (χ1n) is 7.07. The molecule has 3 aromatic rings. The van der Waals surface area contributed by atoms with Crippen molar-refractivity contribution >= 4 is 11.0 Å². The number of aryl methyl sites for hydroxylation is 1. The van der Waals surface area contributed by atoms with Gasteiger partial charge in [0, 0.05) is 5.39 Å². The molecule has 1 aliphatic rings. The largest absolute Gasteiger partial charge is 0.458 e. The summed E-state index contributed by atoms with van der Waals surface area (Å²) in [4.78, 5) is 0. The molecule has 1 N–H and O–H groups in total. The van der Waals surface area contributed by atoms with Crippen LogP contribution in [0.15, 0.2) is 59.0 Å². The molecule has 0 radical (unpaired) electrons. The number of rotatable bonds is 1. The quantitative estimate of drug-likeness (QED) is 0.720. The van der Waals surface area contributed by atoms with Crippen LogP contribution in [-0.4, -0.2) is 5.11 Å². The van der Waals surface area contributed by atoms with E-state index in [1.54, 1.807) is 0 Å². The van der Waals surface area contributed by atoms with Gasteiger partial charge in [0.15, 0.2) is 0 Å². The molecular weight excluding hydrogens is 248 g/mol. The predicted octanol–water partition coefficient (Wildman–Crippen LogP) is 4.01. The summed E-state index contributed by atoms with van der Waals surface area (Å²) in [6.07, 6.45) is 2.72. The van der Waals surface area contributed by atoms with Gasteiger partial charge in [-0.2, -0.15) is 0 Å². The van der Waals surface area contributed by atoms with Crippen molar-refractivity contribution in [3.8, 4) is 0 Å². The van der Waals surface area contributed by atoms with E-state index in [0.717, 1.165) is 29.4 Å². The van der Waals surface area contributed by atoms with Crippen molar-refractivity contribution in [2.24, 2.45) is 0 Å². The van der Waals surface area contributed by atoms with Crippen LogP contribution in [0.25, 0.3) is 11.0 Å². The molecule has 1 atom stereocenters. The molecule has 4 rings (SSSR count). The molecule has 0 saturated carbocycles. The molecule has 0 bridgehead atoms. The summed E-state index contributed by atoms with van der Waals surface area (Å²) in [6, 6.07) is 18.0. The maximum absolute atomic E-state index is 11.2. The van der Waals surface area contributed by atoms with Gasteiger partial charge in [-0.1, -0.05) is 42.5 Å². The topological polar surface area (TPSA) is 33.4 Å². The Kier molecular flexibility index (Phi) is 2.48. The first-order valence-corrected chi connectivity index (χ1v) is 7.07. The fourth-order valence-electron chi connectivity index (χ4n) is 3.25. The van der Waals surface area contributed by atoms with Crippen LogP contribution in [0.2, 0.25) is 0 Å². The van der Waals surface area contributed by atoms with Crippen LogP contribution in [-0.2, 0) is 12.0 Å². The van der Waals surface area contributed by atoms with Crippen LogP contribution in [0.3, 0.4) is 0 Å². The number of para-hydroxylation sites is 1. The first kappa shape index (κ1) is 11.7. The van der Waals surface area contributed by atoms with Crippen molar-refractivity contribution in [2.75, 3.05) is 0 Å². The maximum Gasteiger partial charge on any atom is 0.147 e. The summed E-state index contributed by atoms with van der Waals surface area (Å²) in [5.41, 5.74) is 2.06. The number of hydrogen-bond acceptors (Lipinski definition) is 2. The third-order valence-electron chi connectivity index (χ3n) is 4.28. The zero-order valence-corrected chi connectivity index (χ0v) is 11.2. The van der Waals surface area contributed by atoms with Gasteiger partial charge in [0.05, 0.1) is 0 Å². The van der Waals surface area contributed by atoms with Crippen molar-refractivity contribution in [1.82, 2.24) is 0 Å². The molecule has 0 saturated heterocycles. The Bertz CT molecular complexity index is 739. The molecule has 20 heavy (non-hydrogen) atoms.